The summed E-state index contributed by atoms with van der Waals surface area (Å²) >= 11 is 0. The molecule has 0 bridgehead atoms. The van der Waals surface area contributed by atoms with Gasteiger partial charge in [-0.05, 0) is 29.9 Å². The van der Waals surface area contributed by atoms with Crippen LogP contribution >= 0.6 is 0 Å². The van der Waals surface area contributed by atoms with Gasteiger partial charge in [-0.3, -0.25) is 0 Å². The van der Waals surface area contributed by atoms with Gasteiger partial charge < -0.3 is 10.2 Å². The molecule has 1 saturated carbocycles. The van der Waals surface area contributed by atoms with Crippen molar-refractivity contribution in [3.05, 3.63) is 29.8 Å². The van der Waals surface area contributed by atoms with Gasteiger partial charge >= 0.3 is 0 Å². The second-order valence-corrected chi connectivity index (χ2v) is 6.54. The van der Waals surface area contributed by atoms with Crippen LogP contribution in [0.3, 0.4) is 0 Å². The number of nitrogens with zero attached hydrogens (tertiary/aromatic N) is 1. The number of nitrogens with one attached hydrogen (secondary N) is 1. The Kier molecular flexibility index (Phi) is 3.79. The zero-order valence-electron chi connectivity index (χ0n) is 12.2. The highest BCUT2D eigenvalue weighted by Gasteiger charge is 2.26. The Bertz CT molecular complexity index is 423. The summed E-state index contributed by atoms with van der Waals surface area (Å²) in [6.07, 6.45) is 4.29. The third kappa shape index (κ3) is 3.11. The molecule has 0 radical (unpaired) electrons. The van der Waals surface area contributed by atoms with Crippen molar-refractivity contribution in [3.8, 4) is 0 Å². The molecular weight excluding hydrogens is 232 g/mol. The number of hydrogen-bond donors (Lipinski definition) is 1. The van der Waals surface area contributed by atoms with Crippen LogP contribution in [0.1, 0.15) is 38.7 Å². The summed E-state index contributed by atoms with van der Waals surface area (Å²) in [4.78, 5) is 2.62. The number of benzene rings is 1. The number of anilines is 1. The molecule has 2 nitrogen and oxygen atoms in total. The molecule has 1 fully saturated rings. The summed E-state index contributed by atoms with van der Waals surface area (Å²) in [5, 5.41) is 3.73. The fraction of sp³-hybridized carbons (Fsp3) is 0.647. The van der Waals surface area contributed by atoms with Crippen molar-refractivity contribution >= 4 is 5.69 Å². The fourth-order valence-corrected chi connectivity index (χ4v) is 3.01. The molecule has 0 aromatic heterocycles. The van der Waals surface area contributed by atoms with Gasteiger partial charge in [0.15, 0.2) is 0 Å². The van der Waals surface area contributed by atoms with Crippen LogP contribution in [0.4, 0.5) is 5.69 Å². The van der Waals surface area contributed by atoms with Crippen molar-refractivity contribution in [2.45, 2.75) is 45.7 Å². The maximum Gasteiger partial charge on any atom is 0.0412 e. The van der Waals surface area contributed by atoms with Crippen molar-refractivity contribution in [3.63, 3.8) is 0 Å². The first-order valence-electron chi connectivity index (χ1n) is 7.80. The zero-order valence-corrected chi connectivity index (χ0v) is 12.2. The van der Waals surface area contributed by atoms with E-state index in [1.54, 1.807) is 0 Å². The van der Waals surface area contributed by atoms with E-state index in [1.165, 1.54) is 37.1 Å². The third-order valence-corrected chi connectivity index (χ3v) is 4.61. The lowest BCUT2D eigenvalue weighted by Crippen LogP contribution is -2.42. The predicted octanol–water partition coefficient (Wildman–Crippen LogP) is 3.42. The van der Waals surface area contributed by atoms with E-state index in [4.69, 9.17) is 0 Å². The summed E-state index contributed by atoms with van der Waals surface area (Å²) in [7, 11) is 0. The lowest BCUT2D eigenvalue weighted by Gasteiger charge is -2.29. The summed E-state index contributed by atoms with van der Waals surface area (Å²) in [6.45, 7) is 8.05. The largest absolute Gasteiger partial charge is 0.370 e. The molecule has 0 spiro atoms. The minimum atomic E-state index is 0.603. The summed E-state index contributed by atoms with van der Waals surface area (Å²) < 4.78 is 0. The van der Waals surface area contributed by atoms with E-state index in [1.807, 2.05) is 0 Å². The Hall–Kier alpha value is -1.02. The van der Waals surface area contributed by atoms with Gasteiger partial charge in [-0.2, -0.15) is 0 Å². The van der Waals surface area contributed by atoms with E-state index in [0.717, 1.165) is 19.0 Å². The molecule has 1 aromatic carbocycles. The molecule has 0 amide bonds. The van der Waals surface area contributed by atoms with E-state index in [9.17, 15) is 0 Å². The average Bonchev–Trinajstić information content (AvgIpc) is 3.23. The molecule has 1 atom stereocenters. The highest BCUT2D eigenvalue weighted by atomic mass is 15.2. The van der Waals surface area contributed by atoms with Gasteiger partial charge in [0, 0.05) is 31.4 Å². The van der Waals surface area contributed by atoms with E-state index < -0.39 is 0 Å². The second kappa shape index (κ2) is 5.54. The molecule has 1 unspecified atom stereocenters. The van der Waals surface area contributed by atoms with Crippen LogP contribution in [0.5, 0.6) is 0 Å². The number of fused-ring (bicyclic) bond motifs is 1. The van der Waals surface area contributed by atoms with Crippen molar-refractivity contribution in [1.29, 1.82) is 0 Å². The van der Waals surface area contributed by atoms with Crippen molar-refractivity contribution in [2.75, 3.05) is 18.0 Å². The first kappa shape index (κ1) is 13.0. The van der Waals surface area contributed by atoms with Crippen LogP contribution in [0, 0.1) is 11.8 Å². The number of hydrogen-bond acceptors (Lipinski definition) is 2. The molecule has 0 saturated heterocycles. The summed E-state index contributed by atoms with van der Waals surface area (Å²) in [5.74, 6) is 1.71. The Morgan fingerprint density at radius 1 is 1.26 bits per heavy atom. The molecule has 2 aliphatic rings. The third-order valence-electron chi connectivity index (χ3n) is 4.61. The molecule has 19 heavy (non-hydrogen) atoms. The summed E-state index contributed by atoms with van der Waals surface area (Å²) in [6, 6.07) is 9.52. The SMILES string of the molecule is CC(C)C1CN(CCC2CC2)c2ccccc2CN1. The maximum atomic E-state index is 3.73. The maximum absolute atomic E-state index is 3.73. The van der Waals surface area contributed by atoms with Gasteiger partial charge in [0.2, 0.25) is 0 Å². The van der Waals surface area contributed by atoms with Crippen molar-refractivity contribution in [1.82, 2.24) is 5.32 Å². The molecule has 1 N–H and O–H groups in total. The van der Waals surface area contributed by atoms with E-state index in [2.05, 4.69) is 48.3 Å². The highest BCUT2D eigenvalue weighted by Crippen LogP contribution is 2.34. The van der Waals surface area contributed by atoms with Crippen LogP contribution in [-0.2, 0) is 6.54 Å². The van der Waals surface area contributed by atoms with Gasteiger partial charge in [-0.25, -0.2) is 0 Å². The standard InChI is InChI=1S/C17H26N2/c1-13(2)16-12-19(10-9-14-7-8-14)17-6-4-3-5-15(17)11-18-16/h3-6,13-14,16,18H,7-12H2,1-2H3. The molecular formula is C17H26N2. The van der Waals surface area contributed by atoms with Gasteiger partial charge in [-0.1, -0.05) is 44.9 Å². The summed E-state index contributed by atoms with van der Waals surface area (Å²) in [5.41, 5.74) is 2.92. The normalized spacial score (nSPS) is 23.3. The number of para-hydroxylation sites is 1. The van der Waals surface area contributed by atoms with Crippen LogP contribution in [0.2, 0.25) is 0 Å². The average molecular weight is 258 g/mol. The Morgan fingerprint density at radius 2 is 2.05 bits per heavy atom. The number of rotatable bonds is 4. The Balaban J connectivity index is 1.78. The second-order valence-electron chi connectivity index (χ2n) is 6.54. The van der Waals surface area contributed by atoms with Gasteiger partial charge in [0.25, 0.3) is 0 Å². The van der Waals surface area contributed by atoms with Gasteiger partial charge in [0.1, 0.15) is 0 Å². The van der Waals surface area contributed by atoms with Crippen molar-refractivity contribution in [2.24, 2.45) is 11.8 Å². The highest BCUT2D eigenvalue weighted by molar-refractivity contribution is 5.54. The van der Waals surface area contributed by atoms with E-state index >= 15 is 0 Å². The lowest BCUT2D eigenvalue weighted by molar-refractivity contribution is 0.402. The van der Waals surface area contributed by atoms with Crippen LogP contribution in [0.15, 0.2) is 24.3 Å². The lowest BCUT2D eigenvalue weighted by atomic mass is 10.0. The molecule has 1 aliphatic heterocycles. The van der Waals surface area contributed by atoms with Crippen LogP contribution in [-0.4, -0.2) is 19.1 Å². The smallest absolute Gasteiger partial charge is 0.0412 e. The van der Waals surface area contributed by atoms with E-state index in [-0.39, 0.29) is 0 Å². The van der Waals surface area contributed by atoms with Crippen molar-refractivity contribution < 1.29 is 0 Å². The fourth-order valence-electron chi connectivity index (χ4n) is 3.01. The predicted molar refractivity (Wildman–Crippen MR) is 81.5 cm³/mol. The first-order chi connectivity index (χ1) is 9.24. The van der Waals surface area contributed by atoms with Gasteiger partial charge in [-0.15, -0.1) is 0 Å². The van der Waals surface area contributed by atoms with Gasteiger partial charge in [0.05, 0.1) is 0 Å². The molecule has 1 aliphatic carbocycles. The first-order valence-corrected chi connectivity index (χ1v) is 7.80. The zero-order chi connectivity index (χ0) is 13.2. The van der Waals surface area contributed by atoms with Crippen LogP contribution < -0.4 is 10.2 Å². The molecule has 104 valence electrons. The van der Waals surface area contributed by atoms with Crippen LogP contribution in [0.25, 0.3) is 0 Å². The molecule has 1 aromatic rings. The van der Waals surface area contributed by atoms with E-state index in [0.29, 0.717) is 12.0 Å². The molecule has 3 rings (SSSR count). The monoisotopic (exact) mass is 258 g/mol. The molecule has 1 heterocycles. The Morgan fingerprint density at radius 3 is 2.79 bits per heavy atom. The minimum Gasteiger partial charge on any atom is -0.370 e. The quantitative estimate of drug-likeness (QED) is 0.890. The minimum absolute atomic E-state index is 0.603. The molecule has 2 heteroatoms. The topological polar surface area (TPSA) is 15.3 Å². The Labute approximate surface area is 117 Å².